The van der Waals surface area contributed by atoms with E-state index in [-0.39, 0.29) is 5.91 Å². The number of nitrogens with one attached hydrogen (secondary N) is 2. The fourth-order valence-electron chi connectivity index (χ4n) is 2.35. The summed E-state index contributed by atoms with van der Waals surface area (Å²) >= 11 is 0. The molecule has 122 valence electrons. The van der Waals surface area contributed by atoms with Crippen LogP contribution in [0.15, 0.2) is 48.5 Å². The molecular formula is C18H23N3O2. The molecule has 0 saturated carbocycles. The average Bonchev–Trinajstić information content (AvgIpc) is 2.61. The molecule has 0 fully saturated rings. The number of carbonyl (C=O) groups is 1. The van der Waals surface area contributed by atoms with Gasteiger partial charge < -0.3 is 15.4 Å². The fourth-order valence-corrected chi connectivity index (χ4v) is 2.35. The van der Waals surface area contributed by atoms with Gasteiger partial charge in [-0.3, -0.25) is 4.79 Å². The van der Waals surface area contributed by atoms with Crippen molar-refractivity contribution < 1.29 is 9.53 Å². The van der Waals surface area contributed by atoms with Gasteiger partial charge in [0.25, 0.3) is 5.91 Å². The number of aromatic nitrogens is 1. The molecule has 0 bridgehead atoms. The van der Waals surface area contributed by atoms with Gasteiger partial charge in [0.2, 0.25) is 5.88 Å². The predicted molar refractivity (Wildman–Crippen MR) is 90.7 cm³/mol. The second kappa shape index (κ2) is 8.90. The summed E-state index contributed by atoms with van der Waals surface area (Å²) in [6.45, 7) is 0.593. The smallest absolute Gasteiger partial charge is 0.270 e. The molecule has 2 rings (SSSR count). The minimum absolute atomic E-state index is 0.182. The van der Waals surface area contributed by atoms with Crippen molar-refractivity contribution in [2.75, 3.05) is 20.7 Å². The zero-order valence-electron chi connectivity index (χ0n) is 13.6. The Bertz CT molecular complexity index is 617. The predicted octanol–water partition coefficient (Wildman–Crippen LogP) is 2.04. The van der Waals surface area contributed by atoms with E-state index in [0.29, 0.717) is 24.2 Å². The van der Waals surface area contributed by atoms with Gasteiger partial charge in [0.1, 0.15) is 5.69 Å². The first kappa shape index (κ1) is 17.0. The summed E-state index contributed by atoms with van der Waals surface area (Å²) in [4.78, 5) is 16.2. The molecule has 2 N–H and O–H groups in total. The molecular weight excluding hydrogens is 290 g/mol. The van der Waals surface area contributed by atoms with Gasteiger partial charge in [0.15, 0.2) is 0 Å². The van der Waals surface area contributed by atoms with Crippen molar-refractivity contribution in [2.45, 2.75) is 18.9 Å². The quantitative estimate of drug-likeness (QED) is 0.783. The summed E-state index contributed by atoms with van der Waals surface area (Å²) in [5.74, 6) is 0.258. The summed E-state index contributed by atoms with van der Waals surface area (Å²) in [7, 11) is 3.48. The first-order valence-corrected chi connectivity index (χ1v) is 7.73. The molecule has 1 aromatic carbocycles. The van der Waals surface area contributed by atoms with Crippen molar-refractivity contribution in [3.63, 3.8) is 0 Å². The Morgan fingerprint density at radius 3 is 2.65 bits per heavy atom. The molecule has 0 radical (unpaired) electrons. The minimum Gasteiger partial charge on any atom is -0.481 e. The highest BCUT2D eigenvalue weighted by molar-refractivity contribution is 5.92. The van der Waals surface area contributed by atoms with Gasteiger partial charge in [-0.05, 0) is 31.5 Å². The summed E-state index contributed by atoms with van der Waals surface area (Å²) < 4.78 is 5.03. The van der Waals surface area contributed by atoms with E-state index in [1.54, 1.807) is 18.2 Å². The molecule has 5 nitrogen and oxygen atoms in total. The van der Waals surface area contributed by atoms with Crippen LogP contribution in [0.5, 0.6) is 5.88 Å². The lowest BCUT2D eigenvalue weighted by molar-refractivity contribution is 0.0946. The Kier molecular flexibility index (Phi) is 6.56. The number of likely N-dealkylation sites (N-methyl/N-ethyl adjacent to an activating group) is 1. The topological polar surface area (TPSA) is 63.2 Å². The molecule has 0 spiro atoms. The SMILES string of the molecule is CNC(CCNC(=O)c1cccc(OC)n1)Cc1ccccc1. The maximum atomic E-state index is 12.1. The van der Waals surface area contributed by atoms with E-state index in [9.17, 15) is 4.79 Å². The third-order valence-corrected chi connectivity index (χ3v) is 3.68. The largest absolute Gasteiger partial charge is 0.481 e. The molecule has 1 amide bonds. The summed E-state index contributed by atoms with van der Waals surface area (Å²) in [6, 6.07) is 15.8. The van der Waals surface area contributed by atoms with Crippen molar-refractivity contribution in [1.82, 2.24) is 15.6 Å². The van der Waals surface area contributed by atoms with E-state index < -0.39 is 0 Å². The number of pyridine rings is 1. The number of hydrogen-bond acceptors (Lipinski definition) is 4. The third-order valence-electron chi connectivity index (χ3n) is 3.68. The number of ether oxygens (including phenoxy) is 1. The normalized spacial score (nSPS) is 11.7. The van der Waals surface area contributed by atoms with Crippen LogP contribution in [-0.4, -0.2) is 37.6 Å². The van der Waals surface area contributed by atoms with Crippen LogP contribution in [0.25, 0.3) is 0 Å². The van der Waals surface area contributed by atoms with Crippen LogP contribution in [0.1, 0.15) is 22.5 Å². The van der Waals surface area contributed by atoms with Crippen LogP contribution in [0.3, 0.4) is 0 Å². The number of amides is 1. The lowest BCUT2D eigenvalue weighted by Gasteiger charge is -2.16. The van der Waals surface area contributed by atoms with Crippen molar-refractivity contribution in [3.05, 3.63) is 59.8 Å². The van der Waals surface area contributed by atoms with Crippen LogP contribution in [0.4, 0.5) is 0 Å². The highest BCUT2D eigenvalue weighted by Gasteiger charge is 2.10. The van der Waals surface area contributed by atoms with E-state index in [2.05, 4.69) is 27.8 Å². The number of rotatable bonds is 8. The molecule has 0 saturated heterocycles. The third kappa shape index (κ3) is 5.38. The number of hydrogen-bond donors (Lipinski definition) is 2. The maximum absolute atomic E-state index is 12.1. The van der Waals surface area contributed by atoms with Crippen LogP contribution in [-0.2, 0) is 6.42 Å². The summed E-state index contributed by atoms with van der Waals surface area (Å²) in [5, 5.41) is 6.20. The molecule has 0 aliphatic carbocycles. The zero-order valence-corrected chi connectivity index (χ0v) is 13.6. The molecule has 5 heteroatoms. The molecule has 2 aromatic rings. The van der Waals surface area contributed by atoms with Gasteiger partial charge in [-0.25, -0.2) is 4.98 Å². The standard InChI is InChI=1S/C18H23N3O2/c1-19-15(13-14-7-4-3-5-8-14)11-12-20-18(22)16-9-6-10-17(21-16)23-2/h3-10,15,19H,11-13H2,1-2H3,(H,20,22). The summed E-state index contributed by atoms with van der Waals surface area (Å²) in [6.07, 6.45) is 1.78. The molecule has 0 aliphatic rings. The van der Waals surface area contributed by atoms with E-state index in [1.807, 2.05) is 25.2 Å². The van der Waals surface area contributed by atoms with Gasteiger partial charge in [0.05, 0.1) is 7.11 Å². The maximum Gasteiger partial charge on any atom is 0.270 e. The minimum atomic E-state index is -0.182. The number of benzene rings is 1. The first-order valence-electron chi connectivity index (χ1n) is 7.73. The Morgan fingerprint density at radius 1 is 1.17 bits per heavy atom. The van der Waals surface area contributed by atoms with Crippen molar-refractivity contribution in [1.29, 1.82) is 0 Å². The first-order chi connectivity index (χ1) is 11.2. The van der Waals surface area contributed by atoms with E-state index in [0.717, 1.165) is 12.8 Å². The van der Waals surface area contributed by atoms with Gasteiger partial charge in [-0.2, -0.15) is 0 Å². The van der Waals surface area contributed by atoms with Gasteiger partial charge in [-0.15, -0.1) is 0 Å². The second-order valence-corrected chi connectivity index (χ2v) is 5.29. The lowest BCUT2D eigenvalue weighted by Crippen LogP contribution is -2.34. The average molecular weight is 313 g/mol. The van der Waals surface area contributed by atoms with Gasteiger partial charge in [0, 0.05) is 18.7 Å². The molecule has 23 heavy (non-hydrogen) atoms. The van der Waals surface area contributed by atoms with Crippen molar-refractivity contribution in [2.24, 2.45) is 0 Å². The Hall–Kier alpha value is -2.40. The Morgan fingerprint density at radius 2 is 1.96 bits per heavy atom. The van der Waals surface area contributed by atoms with Crippen molar-refractivity contribution in [3.8, 4) is 5.88 Å². The lowest BCUT2D eigenvalue weighted by atomic mass is 10.0. The second-order valence-electron chi connectivity index (χ2n) is 5.29. The highest BCUT2D eigenvalue weighted by Crippen LogP contribution is 2.07. The highest BCUT2D eigenvalue weighted by atomic mass is 16.5. The molecule has 0 aliphatic heterocycles. The van der Waals surface area contributed by atoms with E-state index >= 15 is 0 Å². The molecule has 1 heterocycles. The fraction of sp³-hybridized carbons (Fsp3) is 0.333. The van der Waals surface area contributed by atoms with Gasteiger partial charge in [-0.1, -0.05) is 36.4 Å². The van der Waals surface area contributed by atoms with Crippen LogP contribution < -0.4 is 15.4 Å². The zero-order chi connectivity index (χ0) is 16.5. The van der Waals surface area contributed by atoms with Crippen LogP contribution in [0, 0.1) is 0 Å². The monoisotopic (exact) mass is 313 g/mol. The van der Waals surface area contributed by atoms with E-state index in [1.165, 1.54) is 12.7 Å². The van der Waals surface area contributed by atoms with E-state index in [4.69, 9.17) is 4.74 Å². The Labute approximate surface area is 137 Å². The number of methoxy groups -OCH3 is 1. The van der Waals surface area contributed by atoms with Crippen LogP contribution >= 0.6 is 0 Å². The van der Waals surface area contributed by atoms with Crippen molar-refractivity contribution >= 4 is 5.91 Å². The summed E-state index contributed by atoms with van der Waals surface area (Å²) in [5.41, 5.74) is 1.65. The number of nitrogens with zero attached hydrogens (tertiary/aromatic N) is 1. The molecule has 1 unspecified atom stereocenters. The Balaban J connectivity index is 1.81. The van der Waals surface area contributed by atoms with Crippen LogP contribution in [0.2, 0.25) is 0 Å². The van der Waals surface area contributed by atoms with Gasteiger partial charge >= 0.3 is 0 Å². The molecule has 1 atom stereocenters. The molecule has 1 aromatic heterocycles. The number of carbonyl (C=O) groups excluding carboxylic acids is 1.